The molecule has 78 valence electrons. The zero-order chi connectivity index (χ0) is 10.4. The normalized spacial score (nSPS) is 12.7. The largest absolute Gasteiger partial charge is 0.314 e. The van der Waals surface area contributed by atoms with Gasteiger partial charge >= 0.3 is 0 Å². The molecule has 0 aliphatic rings. The van der Waals surface area contributed by atoms with Gasteiger partial charge in [0.05, 0.1) is 0 Å². The van der Waals surface area contributed by atoms with E-state index in [1.807, 2.05) is 0 Å². The van der Waals surface area contributed by atoms with Crippen LogP contribution in [0.4, 0.5) is 0 Å². The molecule has 0 aliphatic heterocycles. The number of nitrogens with one attached hydrogen (secondary N) is 2. The molecule has 0 bridgehead atoms. The molecular formula is C9H15N3OS. The highest BCUT2D eigenvalue weighted by Crippen LogP contribution is 2.10. The fraction of sp³-hybridized carbons (Fsp3) is 0.556. The molecule has 0 amide bonds. The average molecular weight is 213 g/mol. The van der Waals surface area contributed by atoms with Gasteiger partial charge in [0.2, 0.25) is 0 Å². The average Bonchev–Trinajstić information content (AvgIpc) is 2.15. The predicted octanol–water partition coefficient (Wildman–Crippen LogP) is 0.860. The molecule has 5 heteroatoms. The van der Waals surface area contributed by atoms with E-state index in [0.717, 1.165) is 12.3 Å². The topological polar surface area (TPSA) is 57.8 Å². The second-order valence-electron chi connectivity index (χ2n) is 3.01. The first-order valence-electron chi connectivity index (χ1n) is 4.64. The Morgan fingerprint density at radius 2 is 2.50 bits per heavy atom. The summed E-state index contributed by atoms with van der Waals surface area (Å²) in [5, 5.41) is 3.97. The Kier molecular flexibility index (Phi) is 4.69. The van der Waals surface area contributed by atoms with Crippen molar-refractivity contribution in [1.29, 1.82) is 0 Å². The van der Waals surface area contributed by atoms with Gasteiger partial charge in [0, 0.05) is 24.1 Å². The Hall–Kier alpha value is -0.810. The van der Waals surface area contributed by atoms with Crippen LogP contribution in [0, 0.1) is 0 Å². The van der Waals surface area contributed by atoms with E-state index >= 15 is 0 Å². The quantitative estimate of drug-likeness (QED) is 0.562. The minimum atomic E-state index is -0.0985. The van der Waals surface area contributed by atoms with Crippen molar-refractivity contribution in [2.45, 2.75) is 25.0 Å². The van der Waals surface area contributed by atoms with E-state index in [4.69, 9.17) is 0 Å². The highest BCUT2D eigenvalue weighted by molar-refractivity contribution is 7.99. The summed E-state index contributed by atoms with van der Waals surface area (Å²) in [6, 6.07) is 1.84. The number of hydrogen-bond acceptors (Lipinski definition) is 4. The van der Waals surface area contributed by atoms with Crippen LogP contribution in [0.2, 0.25) is 0 Å². The zero-order valence-corrected chi connectivity index (χ0v) is 9.23. The number of thioether (sulfide) groups is 1. The SMILES string of the molecule is CCNC(C)CSc1nccc(=O)[nH]1. The van der Waals surface area contributed by atoms with Gasteiger partial charge in [0.25, 0.3) is 5.56 Å². The van der Waals surface area contributed by atoms with Crippen molar-refractivity contribution in [3.05, 3.63) is 22.6 Å². The molecule has 1 aromatic rings. The molecule has 1 atom stereocenters. The van der Waals surface area contributed by atoms with E-state index < -0.39 is 0 Å². The first-order chi connectivity index (χ1) is 6.72. The van der Waals surface area contributed by atoms with E-state index in [-0.39, 0.29) is 5.56 Å². The molecule has 0 aliphatic carbocycles. The molecule has 0 saturated carbocycles. The molecule has 4 nitrogen and oxygen atoms in total. The second kappa shape index (κ2) is 5.82. The summed E-state index contributed by atoms with van der Waals surface area (Å²) in [6.07, 6.45) is 1.53. The lowest BCUT2D eigenvalue weighted by atomic mass is 10.4. The summed E-state index contributed by atoms with van der Waals surface area (Å²) in [5.41, 5.74) is -0.0985. The van der Waals surface area contributed by atoms with Crippen LogP contribution in [-0.2, 0) is 0 Å². The van der Waals surface area contributed by atoms with Crippen molar-refractivity contribution in [3.8, 4) is 0 Å². The van der Waals surface area contributed by atoms with E-state index in [1.54, 1.807) is 11.8 Å². The molecule has 0 fully saturated rings. The van der Waals surface area contributed by atoms with Gasteiger partial charge in [-0.25, -0.2) is 4.98 Å². The maximum Gasteiger partial charge on any atom is 0.251 e. The number of aromatic amines is 1. The van der Waals surface area contributed by atoms with Gasteiger partial charge in [-0.2, -0.15) is 0 Å². The maximum absolute atomic E-state index is 10.9. The fourth-order valence-electron chi connectivity index (χ4n) is 1.04. The van der Waals surface area contributed by atoms with Crippen molar-refractivity contribution < 1.29 is 0 Å². The van der Waals surface area contributed by atoms with Crippen LogP contribution < -0.4 is 10.9 Å². The molecule has 0 radical (unpaired) electrons. The number of H-pyrrole nitrogens is 1. The van der Waals surface area contributed by atoms with Crippen molar-refractivity contribution in [1.82, 2.24) is 15.3 Å². The van der Waals surface area contributed by atoms with E-state index in [2.05, 4.69) is 29.1 Å². The second-order valence-corrected chi connectivity index (χ2v) is 4.02. The Balaban J connectivity index is 2.41. The minimum absolute atomic E-state index is 0.0985. The minimum Gasteiger partial charge on any atom is -0.314 e. The smallest absolute Gasteiger partial charge is 0.251 e. The van der Waals surface area contributed by atoms with Crippen LogP contribution in [0.5, 0.6) is 0 Å². The highest BCUT2D eigenvalue weighted by Gasteiger charge is 2.02. The van der Waals surface area contributed by atoms with Gasteiger partial charge < -0.3 is 10.3 Å². The lowest BCUT2D eigenvalue weighted by Gasteiger charge is -2.10. The standard InChI is InChI=1S/C9H15N3OS/c1-3-10-7(2)6-14-9-11-5-4-8(13)12-9/h4-5,7,10H,3,6H2,1-2H3,(H,11,12,13). The van der Waals surface area contributed by atoms with Crippen molar-refractivity contribution in [2.24, 2.45) is 0 Å². The van der Waals surface area contributed by atoms with E-state index in [0.29, 0.717) is 11.2 Å². The third-order valence-corrected chi connectivity index (χ3v) is 2.82. The van der Waals surface area contributed by atoms with Crippen LogP contribution in [0.25, 0.3) is 0 Å². The summed E-state index contributed by atoms with van der Waals surface area (Å²) in [7, 11) is 0. The van der Waals surface area contributed by atoms with Crippen LogP contribution in [-0.4, -0.2) is 28.3 Å². The Morgan fingerprint density at radius 3 is 3.14 bits per heavy atom. The fourth-order valence-corrected chi connectivity index (χ4v) is 1.87. The van der Waals surface area contributed by atoms with Gasteiger partial charge in [-0.05, 0) is 13.5 Å². The van der Waals surface area contributed by atoms with Gasteiger partial charge in [0.1, 0.15) is 0 Å². The summed E-state index contributed by atoms with van der Waals surface area (Å²) in [5.74, 6) is 0.904. The molecule has 2 N–H and O–H groups in total. The predicted molar refractivity (Wildman–Crippen MR) is 58.7 cm³/mol. The summed E-state index contributed by atoms with van der Waals surface area (Å²) in [4.78, 5) is 17.7. The third-order valence-electron chi connectivity index (χ3n) is 1.67. The van der Waals surface area contributed by atoms with Crippen LogP contribution >= 0.6 is 11.8 Å². The van der Waals surface area contributed by atoms with Gasteiger partial charge in [-0.3, -0.25) is 4.79 Å². The molecule has 1 unspecified atom stereocenters. The van der Waals surface area contributed by atoms with Crippen molar-refractivity contribution in [2.75, 3.05) is 12.3 Å². The molecule has 0 spiro atoms. The molecule has 1 rings (SSSR count). The first-order valence-corrected chi connectivity index (χ1v) is 5.62. The van der Waals surface area contributed by atoms with Gasteiger partial charge in [-0.1, -0.05) is 18.7 Å². The van der Waals surface area contributed by atoms with Crippen molar-refractivity contribution in [3.63, 3.8) is 0 Å². The molecule has 1 heterocycles. The lowest BCUT2D eigenvalue weighted by molar-refractivity contribution is 0.619. The Morgan fingerprint density at radius 1 is 1.71 bits per heavy atom. The molecule has 14 heavy (non-hydrogen) atoms. The number of hydrogen-bond donors (Lipinski definition) is 2. The summed E-state index contributed by atoms with van der Waals surface area (Å²) < 4.78 is 0. The number of rotatable bonds is 5. The first kappa shape index (κ1) is 11.3. The lowest BCUT2D eigenvalue weighted by Crippen LogP contribution is -2.27. The highest BCUT2D eigenvalue weighted by atomic mass is 32.2. The van der Waals surface area contributed by atoms with Gasteiger partial charge in [0.15, 0.2) is 5.16 Å². The number of nitrogens with zero attached hydrogens (tertiary/aromatic N) is 1. The monoisotopic (exact) mass is 213 g/mol. The van der Waals surface area contributed by atoms with Crippen molar-refractivity contribution >= 4 is 11.8 Å². The molecule has 1 aromatic heterocycles. The van der Waals surface area contributed by atoms with Crippen LogP contribution in [0.3, 0.4) is 0 Å². The Labute approximate surface area is 87.5 Å². The van der Waals surface area contributed by atoms with E-state index in [1.165, 1.54) is 12.3 Å². The van der Waals surface area contributed by atoms with Crippen LogP contribution in [0.1, 0.15) is 13.8 Å². The van der Waals surface area contributed by atoms with E-state index in [9.17, 15) is 4.79 Å². The summed E-state index contributed by atoms with van der Waals surface area (Å²) >= 11 is 1.55. The molecule has 0 saturated heterocycles. The van der Waals surface area contributed by atoms with Gasteiger partial charge in [-0.15, -0.1) is 0 Å². The Bertz CT molecular complexity index is 326. The zero-order valence-electron chi connectivity index (χ0n) is 8.41. The third kappa shape index (κ3) is 3.93. The number of aromatic nitrogens is 2. The summed E-state index contributed by atoms with van der Waals surface area (Å²) in [6.45, 7) is 5.14. The molecular weight excluding hydrogens is 198 g/mol. The van der Waals surface area contributed by atoms with Crippen LogP contribution in [0.15, 0.2) is 22.2 Å². The maximum atomic E-state index is 10.9. The molecule has 0 aromatic carbocycles.